The van der Waals surface area contributed by atoms with Crippen LogP contribution in [0.1, 0.15) is 16.0 Å². The van der Waals surface area contributed by atoms with Crippen LogP contribution in [0.15, 0.2) is 47.7 Å². The molecule has 31 heavy (non-hydrogen) atoms. The van der Waals surface area contributed by atoms with Gasteiger partial charge in [-0.25, -0.2) is 9.78 Å². The van der Waals surface area contributed by atoms with Crippen molar-refractivity contribution in [2.75, 3.05) is 5.43 Å². The van der Waals surface area contributed by atoms with Crippen LogP contribution in [0, 0.1) is 0 Å². The Kier molecular flexibility index (Phi) is 5.17. The van der Waals surface area contributed by atoms with Crippen LogP contribution >= 0.6 is 34.5 Å². The van der Waals surface area contributed by atoms with Crippen LogP contribution in [0.3, 0.4) is 0 Å². The molecule has 0 aliphatic heterocycles. The summed E-state index contributed by atoms with van der Waals surface area (Å²) in [6.07, 6.45) is 3.70. The summed E-state index contributed by atoms with van der Waals surface area (Å²) in [5.74, 6) is -1.08. The van der Waals surface area contributed by atoms with Gasteiger partial charge in [-0.15, -0.1) is 0 Å². The quantitative estimate of drug-likeness (QED) is 0.254. The molecule has 0 fully saturated rings. The number of benzene rings is 2. The Morgan fingerprint density at radius 2 is 2.03 bits per heavy atom. The van der Waals surface area contributed by atoms with E-state index in [0.29, 0.717) is 15.2 Å². The Morgan fingerprint density at radius 3 is 2.87 bits per heavy atom. The van der Waals surface area contributed by atoms with Crippen LogP contribution in [0.25, 0.3) is 22.2 Å². The minimum atomic E-state index is -1.08. The first-order chi connectivity index (χ1) is 15.0. The number of thiazole rings is 1. The second-order valence-electron chi connectivity index (χ2n) is 7.23. The Labute approximate surface area is 191 Å². The number of carboxylic acid groups (broad SMARTS) is 1. The van der Waals surface area contributed by atoms with E-state index in [1.165, 1.54) is 11.3 Å². The summed E-state index contributed by atoms with van der Waals surface area (Å²) in [4.78, 5) is 20.7. The van der Waals surface area contributed by atoms with Gasteiger partial charge in [0.15, 0.2) is 0 Å². The number of carbonyl (C=O) groups is 1. The van der Waals surface area contributed by atoms with Gasteiger partial charge in [0.1, 0.15) is 5.71 Å². The number of carboxylic acids is 1. The van der Waals surface area contributed by atoms with Crippen molar-refractivity contribution in [3.63, 3.8) is 0 Å². The first-order valence-corrected chi connectivity index (χ1v) is 11.2. The number of hydrogen-bond donors (Lipinski definition) is 3. The van der Waals surface area contributed by atoms with E-state index < -0.39 is 5.97 Å². The Bertz CT molecular complexity index is 1360. The topological polar surface area (TPSA) is 90.4 Å². The minimum absolute atomic E-state index is 0.00755. The number of aliphatic carboxylic acids is 1. The third-order valence-electron chi connectivity index (χ3n) is 5.29. The predicted octanol–water partition coefficient (Wildman–Crippen LogP) is 5.79. The Balaban J connectivity index is 1.42. The summed E-state index contributed by atoms with van der Waals surface area (Å²) in [6, 6.07) is 11.5. The van der Waals surface area contributed by atoms with Gasteiger partial charge in [-0.2, -0.15) is 5.10 Å². The highest BCUT2D eigenvalue weighted by atomic mass is 35.5. The van der Waals surface area contributed by atoms with Crippen molar-refractivity contribution in [3.8, 4) is 11.3 Å². The fraction of sp³-hybridized carbons (Fsp3) is 0.136. The van der Waals surface area contributed by atoms with Crippen molar-refractivity contribution in [3.05, 3.63) is 68.6 Å². The highest BCUT2D eigenvalue weighted by molar-refractivity contribution is 7.16. The lowest BCUT2D eigenvalue weighted by Crippen LogP contribution is -2.17. The maximum absolute atomic E-state index is 11.8. The third kappa shape index (κ3) is 3.80. The zero-order chi connectivity index (χ0) is 21.5. The van der Waals surface area contributed by atoms with E-state index in [1.807, 2.05) is 42.6 Å². The molecule has 2 heterocycles. The fourth-order valence-electron chi connectivity index (χ4n) is 3.78. The molecule has 2 aromatic heterocycles. The minimum Gasteiger partial charge on any atom is -0.477 e. The van der Waals surface area contributed by atoms with Crippen molar-refractivity contribution < 1.29 is 9.90 Å². The van der Waals surface area contributed by atoms with Crippen LogP contribution < -0.4 is 5.43 Å². The van der Waals surface area contributed by atoms with Crippen molar-refractivity contribution in [1.82, 2.24) is 9.97 Å². The van der Waals surface area contributed by atoms with E-state index in [-0.39, 0.29) is 12.1 Å². The van der Waals surface area contributed by atoms with E-state index in [4.69, 9.17) is 23.2 Å². The summed E-state index contributed by atoms with van der Waals surface area (Å²) >= 11 is 13.8. The molecule has 9 heteroatoms. The Morgan fingerprint density at radius 1 is 1.23 bits per heavy atom. The highest BCUT2D eigenvalue weighted by Gasteiger charge is 2.22. The van der Waals surface area contributed by atoms with Crippen LogP contribution in [0.4, 0.5) is 5.13 Å². The third-order valence-corrected chi connectivity index (χ3v) is 7.03. The number of rotatable bonds is 5. The largest absolute Gasteiger partial charge is 0.477 e. The second-order valence-corrected chi connectivity index (χ2v) is 9.12. The summed E-state index contributed by atoms with van der Waals surface area (Å²) < 4.78 is 0. The number of nitrogens with zero attached hydrogens (tertiary/aromatic N) is 2. The average Bonchev–Trinajstić information content (AvgIpc) is 3.36. The summed E-state index contributed by atoms with van der Waals surface area (Å²) in [5.41, 5.74) is 7.59. The van der Waals surface area contributed by atoms with E-state index in [2.05, 4.69) is 20.5 Å². The van der Waals surface area contributed by atoms with Crippen molar-refractivity contribution in [2.45, 2.75) is 19.3 Å². The SMILES string of the molecule is O=C(O)/C(Cc1c[nH]c2ccccc12)=N\Nc1nc2c(s1)CCc1cc(Cl)c(Cl)cc1-2. The molecule has 0 atom stereocenters. The molecule has 0 saturated heterocycles. The van der Waals surface area contributed by atoms with Gasteiger partial charge in [0.05, 0.1) is 15.7 Å². The molecule has 2 aromatic carbocycles. The zero-order valence-electron chi connectivity index (χ0n) is 16.1. The van der Waals surface area contributed by atoms with Crippen LogP contribution in [0.5, 0.6) is 0 Å². The first kappa shape index (κ1) is 20.1. The lowest BCUT2D eigenvalue weighted by molar-refractivity contribution is -0.129. The van der Waals surface area contributed by atoms with Crippen LogP contribution in [-0.2, 0) is 24.1 Å². The number of nitrogens with one attached hydrogen (secondary N) is 2. The van der Waals surface area contributed by atoms with Gasteiger partial charge in [-0.1, -0.05) is 52.7 Å². The number of para-hydroxylation sites is 1. The molecule has 3 N–H and O–H groups in total. The molecular weight excluding hydrogens is 455 g/mol. The predicted molar refractivity (Wildman–Crippen MR) is 126 cm³/mol. The number of fused-ring (bicyclic) bond motifs is 4. The van der Waals surface area contributed by atoms with E-state index in [1.54, 1.807) is 0 Å². The fourth-order valence-corrected chi connectivity index (χ4v) is 5.05. The van der Waals surface area contributed by atoms with Crippen molar-refractivity contribution in [1.29, 1.82) is 0 Å². The molecule has 1 aliphatic carbocycles. The molecule has 0 bridgehead atoms. The van der Waals surface area contributed by atoms with Gasteiger partial charge in [0, 0.05) is 34.0 Å². The maximum atomic E-state index is 11.8. The van der Waals surface area contributed by atoms with Gasteiger partial charge in [-0.05, 0) is 42.2 Å². The molecule has 5 rings (SSSR count). The van der Waals surface area contributed by atoms with Crippen LogP contribution in [0.2, 0.25) is 10.0 Å². The average molecular weight is 471 g/mol. The molecule has 4 aromatic rings. The van der Waals surface area contributed by atoms with Crippen molar-refractivity contribution in [2.24, 2.45) is 5.10 Å². The maximum Gasteiger partial charge on any atom is 0.352 e. The normalized spacial score (nSPS) is 13.2. The lowest BCUT2D eigenvalue weighted by Gasteiger charge is -2.15. The van der Waals surface area contributed by atoms with Crippen LogP contribution in [-0.4, -0.2) is 26.8 Å². The number of H-pyrrole nitrogens is 1. The number of aromatic nitrogens is 2. The second kappa shape index (κ2) is 8.00. The highest BCUT2D eigenvalue weighted by Crippen LogP contribution is 2.41. The molecule has 0 spiro atoms. The molecule has 0 unspecified atom stereocenters. The molecule has 0 saturated carbocycles. The summed E-state index contributed by atoms with van der Waals surface area (Å²) in [7, 11) is 0. The number of anilines is 1. The standard InChI is InChI=1S/C22H16Cl2N4O2S/c23-15-7-11-5-6-19-20(14(11)9-16(15)24)26-22(31-19)28-27-18(21(29)30)8-12-10-25-17-4-2-1-3-13(12)17/h1-4,7,9-10,25H,5-6,8H2,(H,26,28)(H,29,30)/b27-18-. The number of aryl methyl sites for hydroxylation is 2. The number of hydrogen-bond acceptors (Lipinski definition) is 5. The molecular formula is C22H16Cl2N4O2S. The number of halogens is 2. The molecule has 0 amide bonds. The monoisotopic (exact) mass is 470 g/mol. The van der Waals surface area contributed by atoms with Gasteiger partial charge < -0.3 is 10.1 Å². The van der Waals surface area contributed by atoms with Gasteiger partial charge in [-0.3, -0.25) is 5.43 Å². The molecule has 1 aliphatic rings. The van der Waals surface area contributed by atoms with E-state index in [9.17, 15) is 9.90 Å². The van der Waals surface area contributed by atoms with Gasteiger partial charge >= 0.3 is 5.97 Å². The van der Waals surface area contributed by atoms with E-state index >= 15 is 0 Å². The molecule has 6 nitrogen and oxygen atoms in total. The smallest absolute Gasteiger partial charge is 0.352 e. The summed E-state index contributed by atoms with van der Waals surface area (Å²) in [5, 5.41) is 16.3. The van der Waals surface area contributed by atoms with Crippen molar-refractivity contribution >= 4 is 62.3 Å². The molecule has 0 radical (unpaired) electrons. The lowest BCUT2D eigenvalue weighted by atomic mass is 9.93. The van der Waals surface area contributed by atoms with E-state index in [0.717, 1.165) is 51.0 Å². The number of aromatic amines is 1. The van der Waals surface area contributed by atoms with Gasteiger partial charge in [0.2, 0.25) is 5.13 Å². The zero-order valence-corrected chi connectivity index (χ0v) is 18.4. The Hall–Kier alpha value is -2.87. The summed E-state index contributed by atoms with van der Waals surface area (Å²) in [6.45, 7) is 0. The molecule has 156 valence electrons. The first-order valence-electron chi connectivity index (χ1n) is 9.58. The number of hydrazone groups is 1. The van der Waals surface area contributed by atoms with Gasteiger partial charge in [0.25, 0.3) is 0 Å².